The fraction of sp³-hybridized carbons (Fsp3) is 0.190. The summed E-state index contributed by atoms with van der Waals surface area (Å²) in [4.78, 5) is 29.0. The predicted octanol–water partition coefficient (Wildman–Crippen LogP) is 5.00. The van der Waals surface area contributed by atoms with E-state index in [9.17, 15) is 9.59 Å². The lowest BCUT2D eigenvalue weighted by molar-refractivity contribution is -0.118. The molecular formula is C21H19ClN2O3S. The number of nitrogens with zero attached hydrogens (tertiary/aromatic N) is 1. The van der Waals surface area contributed by atoms with E-state index in [0.29, 0.717) is 27.9 Å². The molecule has 0 radical (unpaired) electrons. The molecule has 0 aliphatic heterocycles. The zero-order valence-electron chi connectivity index (χ0n) is 15.3. The second-order valence-electron chi connectivity index (χ2n) is 6.07. The minimum Gasteiger partial charge on any atom is -0.484 e. The van der Waals surface area contributed by atoms with Crippen molar-refractivity contribution >= 4 is 39.8 Å². The van der Waals surface area contributed by atoms with E-state index in [4.69, 9.17) is 16.3 Å². The number of carbonyl (C=O) groups excluding carboxylic acids is 2. The maximum absolute atomic E-state index is 12.1. The Labute approximate surface area is 172 Å². The number of anilines is 1. The number of hydrogen-bond donors (Lipinski definition) is 1. The minimum absolute atomic E-state index is 0.0717. The molecule has 3 rings (SSSR count). The Morgan fingerprint density at radius 3 is 2.50 bits per heavy atom. The van der Waals surface area contributed by atoms with Crippen LogP contribution < -0.4 is 10.1 Å². The van der Waals surface area contributed by atoms with Crippen LogP contribution in [0.3, 0.4) is 0 Å². The first kappa shape index (κ1) is 20.0. The maximum atomic E-state index is 12.1. The van der Waals surface area contributed by atoms with E-state index in [1.807, 2.05) is 31.2 Å². The van der Waals surface area contributed by atoms with E-state index in [1.165, 1.54) is 11.3 Å². The summed E-state index contributed by atoms with van der Waals surface area (Å²) in [5, 5.41) is 3.97. The molecule has 0 unspecified atom stereocenters. The normalized spacial score (nSPS) is 10.5. The third-order valence-electron chi connectivity index (χ3n) is 3.96. The van der Waals surface area contributed by atoms with Crippen molar-refractivity contribution in [3.8, 4) is 5.75 Å². The molecule has 1 aromatic heterocycles. The zero-order valence-corrected chi connectivity index (χ0v) is 16.8. The predicted molar refractivity (Wildman–Crippen MR) is 112 cm³/mol. The molecule has 0 aliphatic carbocycles. The first-order valence-electron chi connectivity index (χ1n) is 8.78. The highest BCUT2D eigenvalue weighted by Crippen LogP contribution is 2.22. The van der Waals surface area contributed by atoms with E-state index in [2.05, 4.69) is 10.3 Å². The molecule has 0 atom stereocenters. The molecule has 28 heavy (non-hydrogen) atoms. The summed E-state index contributed by atoms with van der Waals surface area (Å²) in [6.07, 6.45) is 2.93. The fourth-order valence-electron chi connectivity index (χ4n) is 2.50. The van der Waals surface area contributed by atoms with E-state index >= 15 is 0 Å². The number of thiazole rings is 1. The van der Waals surface area contributed by atoms with E-state index in [1.54, 1.807) is 30.5 Å². The quantitative estimate of drug-likeness (QED) is 0.527. The standard InChI is InChI=1S/C21H19ClN2O3S/c1-2-19(25)15-5-9-17(10-6-15)27-13-20(26)24-21-23-12-18(28-21)11-14-3-7-16(22)8-4-14/h3-10,12H,2,11,13H2,1H3,(H,23,24,26). The monoisotopic (exact) mass is 414 g/mol. The first-order chi connectivity index (χ1) is 13.5. The number of amides is 1. The van der Waals surface area contributed by atoms with Crippen LogP contribution in [-0.4, -0.2) is 23.3 Å². The number of ketones is 1. The molecule has 0 bridgehead atoms. The number of halogens is 1. The van der Waals surface area contributed by atoms with Gasteiger partial charge in [-0.25, -0.2) is 4.98 Å². The summed E-state index contributed by atoms with van der Waals surface area (Å²) >= 11 is 7.31. The van der Waals surface area contributed by atoms with Gasteiger partial charge in [0.1, 0.15) is 5.75 Å². The number of hydrogen-bond acceptors (Lipinski definition) is 5. The summed E-state index contributed by atoms with van der Waals surface area (Å²) in [6, 6.07) is 14.4. The molecule has 1 heterocycles. The number of carbonyl (C=O) groups is 2. The molecule has 1 N–H and O–H groups in total. The highest BCUT2D eigenvalue weighted by Gasteiger charge is 2.09. The number of rotatable bonds is 8. The van der Waals surface area contributed by atoms with Gasteiger partial charge in [-0.3, -0.25) is 14.9 Å². The van der Waals surface area contributed by atoms with Gasteiger partial charge in [-0.1, -0.05) is 30.7 Å². The van der Waals surface area contributed by atoms with Gasteiger partial charge in [0.2, 0.25) is 0 Å². The molecule has 0 saturated carbocycles. The van der Waals surface area contributed by atoms with Crippen molar-refractivity contribution in [2.45, 2.75) is 19.8 Å². The van der Waals surface area contributed by atoms with Gasteiger partial charge in [-0.2, -0.15) is 0 Å². The lowest BCUT2D eigenvalue weighted by Gasteiger charge is -2.06. The summed E-state index contributed by atoms with van der Waals surface area (Å²) < 4.78 is 5.46. The van der Waals surface area contributed by atoms with Crippen LogP contribution in [-0.2, 0) is 11.2 Å². The van der Waals surface area contributed by atoms with Gasteiger partial charge in [-0.15, -0.1) is 11.3 Å². The molecule has 7 heteroatoms. The van der Waals surface area contributed by atoms with Crippen molar-refractivity contribution in [2.24, 2.45) is 0 Å². The molecule has 0 aliphatic rings. The number of nitrogens with one attached hydrogen (secondary N) is 1. The Kier molecular flexibility index (Phi) is 6.79. The Bertz CT molecular complexity index is 953. The van der Waals surface area contributed by atoms with Crippen LogP contribution in [0.2, 0.25) is 5.02 Å². The molecule has 3 aromatic rings. The van der Waals surface area contributed by atoms with Crippen LogP contribution >= 0.6 is 22.9 Å². The average Bonchev–Trinajstić information content (AvgIpc) is 3.14. The SMILES string of the molecule is CCC(=O)c1ccc(OCC(=O)Nc2ncc(Cc3ccc(Cl)cc3)s2)cc1. The van der Waals surface area contributed by atoms with Gasteiger partial charge in [0.05, 0.1) is 0 Å². The molecule has 1 amide bonds. The van der Waals surface area contributed by atoms with Crippen molar-refractivity contribution in [3.63, 3.8) is 0 Å². The summed E-state index contributed by atoms with van der Waals surface area (Å²) in [7, 11) is 0. The molecule has 0 spiro atoms. The van der Waals surface area contributed by atoms with Crippen molar-refractivity contribution in [2.75, 3.05) is 11.9 Å². The highest BCUT2D eigenvalue weighted by atomic mass is 35.5. The number of ether oxygens (including phenoxy) is 1. The van der Waals surface area contributed by atoms with Crippen molar-refractivity contribution in [3.05, 3.63) is 75.8 Å². The molecule has 0 saturated heterocycles. The fourth-order valence-corrected chi connectivity index (χ4v) is 3.48. The lowest BCUT2D eigenvalue weighted by Crippen LogP contribution is -2.20. The maximum Gasteiger partial charge on any atom is 0.264 e. The Balaban J connectivity index is 1.49. The summed E-state index contributed by atoms with van der Waals surface area (Å²) in [5.41, 5.74) is 1.76. The lowest BCUT2D eigenvalue weighted by atomic mass is 10.1. The molecule has 144 valence electrons. The third-order valence-corrected chi connectivity index (χ3v) is 5.12. The highest BCUT2D eigenvalue weighted by molar-refractivity contribution is 7.15. The van der Waals surface area contributed by atoms with Crippen molar-refractivity contribution < 1.29 is 14.3 Å². The van der Waals surface area contributed by atoms with Crippen LogP contribution in [0, 0.1) is 0 Å². The van der Waals surface area contributed by atoms with Crippen molar-refractivity contribution in [1.82, 2.24) is 4.98 Å². The topological polar surface area (TPSA) is 68.3 Å². The van der Waals surface area contributed by atoms with Crippen LogP contribution in [0.15, 0.2) is 54.7 Å². The number of Topliss-reactive ketones (excluding diaryl/α,β-unsaturated/α-hetero) is 1. The molecular weight excluding hydrogens is 396 g/mol. The average molecular weight is 415 g/mol. The minimum atomic E-state index is -0.291. The zero-order chi connectivity index (χ0) is 19.9. The van der Waals surface area contributed by atoms with E-state index < -0.39 is 0 Å². The largest absolute Gasteiger partial charge is 0.484 e. The van der Waals surface area contributed by atoms with Gasteiger partial charge in [0.25, 0.3) is 5.91 Å². The number of aromatic nitrogens is 1. The van der Waals surface area contributed by atoms with Crippen LogP contribution in [0.4, 0.5) is 5.13 Å². The second-order valence-corrected chi connectivity index (χ2v) is 7.62. The Hall–Kier alpha value is -2.70. The van der Waals surface area contributed by atoms with Crippen molar-refractivity contribution in [1.29, 1.82) is 0 Å². The second kappa shape index (κ2) is 9.48. The van der Waals surface area contributed by atoms with Gasteiger partial charge in [0, 0.05) is 34.5 Å². The van der Waals surface area contributed by atoms with Crippen LogP contribution in [0.25, 0.3) is 0 Å². The molecule has 5 nitrogen and oxygen atoms in total. The summed E-state index contributed by atoms with van der Waals surface area (Å²) in [6.45, 7) is 1.68. The van der Waals surface area contributed by atoms with Gasteiger partial charge in [-0.05, 0) is 42.0 Å². The third kappa shape index (κ3) is 5.65. The van der Waals surface area contributed by atoms with E-state index in [-0.39, 0.29) is 18.3 Å². The number of benzene rings is 2. The smallest absolute Gasteiger partial charge is 0.264 e. The molecule has 0 fully saturated rings. The van der Waals surface area contributed by atoms with E-state index in [0.717, 1.165) is 16.9 Å². The summed E-state index contributed by atoms with van der Waals surface area (Å²) in [5.74, 6) is 0.314. The van der Waals surface area contributed by atoms with Crippen LogP contribution in [0.5, 0.6) is 5.75 Å². The first-order valence-corrected chi connectivity index (χ1v) is 9.98. The molecule has 2 aromatic carbocycles. The van der Waals surface area contributed by atoms with Gasteiger partial charge < -0.3 is 4.74 Å². The Morgan fingerprint density at radius 2 is 1.82 bits per heavy atom. The van der Waals surface area contributed by atoms with Gasteiger partial charge >= 0.3 is 0 Å². The van der Waals surface area contributed by atoms with Crippen LogP contribution in [0.1, 0.15) is 34.1 Å². The Morgan fingerprint density at radius 1 is 1.11 bits per heavy atom. The van der Waals surface area contributed by atoms with Gasteiger partial charge in [0.15, 0.2) is 17.5 Å².